The molecule has 150 valence electrons. The van der Waals surface area contributed by atoms with E-state index < -0.39 is 0 Å². The van der Waals surface area contributed by atoms with Crippen LogP contribution in [0.25, 0.3) is 11.4 Å². The van der Waals surface area contributed by atoms with Gasteiger partial charge in [0.2, 0.25) is 11.7 Å². The number of aromatic nitrogens is 4. The molecule has 9 nitrogen and oxygen atoms in total. The first kappa shape index (κ1) is 18.9. The van der Waals surface area contributed by atoms with Gasteiger partial charge in [-0.25, -0.2) is 0 Å². The molecule has 29 heavy (non-hydrogen) atoms. The molecule has 1 aliphatic rings. The molecule has 3 aromatic rings. The van der Waals surface area contributed by atoms with Gasteiger partial charge in [-0.3, -0.25) is 9.59 Å². The lowest BCUT2D eigenvalue weighted by Gasteiger charge is -2.32. The second-order valence-electron chi connectivity index (χ2n) is 7.03. The predicted molar refractivity (Wildman–Crippen MR) is 104 cm³/mol. The van der Waals surface area contributed by atoms with Crippen molar-refractivity contribution < 1.29 is 14.0 Å². The monoisotopic (exact) mass is 394 g/mol. The smallest absolute Gasteiger partial charge is 0.255 e. The maximum absolute atomic E-state index is 12.6. The van der Waals surface area contributed by atoms with Crippen LogP contribution in [0.15, 0.2) is 47.1 Å². The number of benzene rings is 1. The minimum Gasteiger partial charge on any atom is -0.469 e. The number of hydrogen-bond acceptors (Lipinski definition) is 6. The third-order valence-electron chi connectivity index (χ3n) is 5.05. The normalized spacial score (nSPS) is 14.7. The lowest BCUT2D eigenvalue weighted by molar-refractivity contribution is -0.133. The molecule has 3 heterocycles. The van der Waals surface area contributed by atoms with Crippen molar-refractivity contribution in [3.05, 3.63) is 54.0 Å². The van der Waals surface area contributed by atoms with Gasteiger partial charge in [0, 0.05) is 24.7 Å². The first-order chi connectivity index (χ1) is 14.1. The van der Waals surface area contributed by atoms with E-state index in [0.717, 1.165) is 5.56 Å². The molecular formula is C20H22N6O3. The van der Waals surface area contributed by atoms with Crippen molar-refractivity contribution in [2.24, 2.45) is 0 Å². The van der Waals surface area contributed by atoms with Gasteiger partial charge in [0.1, 0.15) is 12.3 Å². The molecule has 1 aliphatic heterocycles. The van der Waals surface area contributed by atoms with E-state index in [9.17, 15) is 9.59 Å². The molecule has 2 aromatic heterocycles. The minimum absolute atomic E-state index is 0.0371. The Labute approximate surface area is 167 Å². The van der Waals surface area contributed by atoms with Crippen LogP contribution in [0.3, 0.4) is 0 Å². The zero-order valence-corrected chi connectivity index (χ0v) is 16.1. The second-order valence-corrected chi connectivity index (χ2v) is 7.03. The van der Waals surface area contributed by atoms with E-state index in [-0.39, 0.29) is 24.4 Å². The molecule has 1 saturated heterocycles. The summed E-state index contributed by atoms with van der Waals surface area (Å²) < 4.78 is 5.18. The van der Waals surface area contributed by atoms with Crippen LogP contribution in [0.4, 0.5) is 0 Å². The largest absolute Gasteiger partial charge is 0.469 e. The Morgan fingerprint density at radius 1 is 1.17 bits per heavy atom. The van der Waals surface area contributed by atoms with Gasteiger partial charge < -0.3 is 14.6 Å². The maximum atomic E-state index is 12.6. The number of carbonyl (C=O) groups is 2. The Morgan fingerprint density at radius 3 is 2.62 bits per heavy atom. The van der Waals surface area contributed by atoms with Crippen LogP contribution < -0.4 is 5.32 Å². The van der Waals surface area contributed by atoms with Crippen molar-refractivity contribution in [2.75, 3.05) is 13.1 Å². The van der Waals surface area contributed by atoms with Crippen LogP contribution in [0.5, 0.6) is 0 Å². The summed E-state index contributed by atoms with van der Waals surface area (Å²) in [6, 6.07) is 11.2. The zero-order chi connectivity index (χ0) is 20.2. The Balaban J connectivity index is 1.28. The van der Waals surface area contributed by atoms with Crippen molar-refractivity contribution >= 4 is 11.8 Å². The van der Waals surface area contributed by atoms with Crippen LogP contribution in [0.2, 0.25) is 0 Å². The number of rotatable bonds is 5. The molecular weight excluding hydrogens is 372 g/mol. The fraction of sp³-hybridized carbons (Fsp3) is 0.350. The van der Waals surface area contributed by atoms with Gasteiger partial charge in [-0.1, -0.05) is 30.3 Å². The Morgan fingerprint density at radius 2 is 1.93 bits per heavy atom. The molecule has 1 N–H and O–H groups in total. The van der Waals surface area contributed by atoms with E-state index in [1.807, 2.05) is 30.3 Å². The highest BCUT2D eigenvalue weighted by atomic mass is 16.3. The Bertz CT molecular complexity index is 989. The van der Waals surface area contributed by atoms with Gasteiger partial charge in [-0.05, 0) is 31.0 Å². The Kier molecular flexibility index (Phi) is 5.37. The average molecular weight is 394 g/mol. The summed E-state index contributed by atoms with van der Waals surface area (Å²) in [6.07, 6.45) is 2.91. The number of furan rings is 1. The quantitative estimate of drug-likeness (QED) is 0.705. The third kappa shape index (κ3) is 4.34. The molecule has 0 radical (unpaired) electrons. The van der Waals surface area contributed by atoms with Crippen LogP contribution in [-0.4, -0.2) is 56.1 Å². The summed E-state index contributed by atoms with van der Waals surface area (Å²) in [5.74, 6) is 0.901. The molecule has 0 saturated carbocycles. The molecule has 1 aromatic carbocycles. The van der Waals surface area contributed by atoms with Gasteiger partial charge in [0.05, 0.1) is 11.8 Å². The molecule has 2 amide bonds. The molecule has 0 bridgehead atoms. The molecule has 0 atom stereocenters. The van der Waals surface area contributed by atoms with Crippen molar-refractivity contribution in [2.45, 2.75) is 32.4 Å². The number of aryl methyl sites for hydroxylation is 1. The van der Waals surface area contributed by atoms with Crippen molar-refractivity contribution in [1.29, 1.82) is 0 Å². The number of amides is 2. The van der Waals surface area contributed by atoms with E-state index in [2.05, 4.69) is 20.7 Å². The van der Waals surface area contributed by atoms with Gasteiger partial charge in [0.15, 0.2) is 0 Å². The minimum atomic E-state index is -0.138. The highest BCUT2D eigenvalue weighted by molar-refractivity contribution is 5.95. The van der Waals surface area contributed by atoms with Crippen molar-refractivity contribution in [1.82, 2.24) is 30.4 Å². The highest BCUT2D eigenvalue weighted by Crippen LogP contribution is 2.15. The molecule has 0 spiro atoms. The first-order valence-corrected chi connectivity index (χ1v) is 9.56. The van der Waals surface area contributed by atoms with E-state index in [4.69, 9.17) is 4.42 Å². The van der Waals surface area contributed by atoms with Gasteiger partial charge >= 0.3 is 0 Å². The lowest BCUT2D eigenvalue weighted by atomic mass is 10.0. The summed E-state index contributed by atoms with van der Waals surface area (Å²) in [5, 5.41) is 15.3. The van der Waals surface area contributed by atoms with Crippen molar-refractivity contribution in [3.63, 3.8) is 0 Å². The topological polar surface area (TPSA) is 106 Å². The number of hydrogen-bond donors (Lipinski definition) is 1. The standard InChI is InChI=1S/C20H22N6O3/c1-14-17(9-12-29-14)20(28)21-16-7-10-25(11-8-16)18(27)13-26-23-19(22-24-26)15-5-3-2-4-6-15/h2-6,9,12,16H,7-8,10-11,13H2,1H3,(H,21,28). The van der Waals surface area contributed by atoms with E-state index in [1.54, 1.807) is 17.9 Å². The average Bonchev–Trinajstić information content (AvgIpc) is 3.38. The first-order valence-electron chi connectivity index (χ1n) is 9.56. The number of likely N-dealkylation sites (tertiary alicyclic amines) is 1. The molecule has 4 rings (SSSR count). The predicted octanol–water partition coefficient (Wildman–Crippen LogP) is 1.66. The fourth-order valence-electron chi connectivity index (χ4n) is 3.39. The fourth-order valence-corrected chi connectivity index (χ4v) is 3.39. The van der Waals surface area contributed by atoms with Crippen LogP contribution in [0.1, 0.15) is 29.0 Å². The number of piperidine rings is 1. The summed E-state index contributed by atoms with van der Waals surface area (Å²) in [6.45, 7) is 2.96. The van der Waals surface area contributed by atoms with Crippen molar-refractivity contribution in [3.8, 4) is 11.4 Å². The highest BCUT2D eigenvalue weighted by Gasteiger charge is 2.25. The number of carbonyl (C=O) groups excluding carboxylic acids is 2. The third-order valence-corrected chi connectivity index (χ3v) is 5.05. The lowest BCUT2D eigenvalue weighted by Crippen LogP contribution is -2.47. The number of nitrogens with one attached hydrogen (secondary N) is 1. The van der Waals surface area contributed by atoms with Crippen LogP contribution in [-0.2, 0) is 11.3 Å². The van der Waals surface area contributed by atoms with Gasteiger partial charge in [-0.15, -0.1) is 10.2 Å². The maximum Gasteiger partial charge on any atom is 0.255 e. The molecule has 9 heteroatoms. The van der Waals surface area contributed by atoms with Gasteiger partial charge in [0.25, 0.3) is 5.91 Å². The van der Waals surface area contributed by atoms with E-state index in [1.165, 1.54) is 11.1 Å². The van der Waals surface area contributed by atoms with Crippen LogP contribution >= 0.6 is 0 Å². The summed E-state index contributed by atoms with van der Waals surface area (Å²) in [4.78, 5) is 28.0. The summed E-state index contributed by atoms with van der Waals surface area (Å²) in [7, 11) is 0. The summed E-state index contributed by atoms with van der Waals surface area (Å²) in [5.41, 5.74) is 1.41. The Hall–Kier alpha value is -3.49. The molecule has 0 aliphatic carbocycles. The number of tetrazole rings is 1. The van der Waals surface area contributed by atoms with E-state index >= 15 is 0 Å². The number of nitrogens with zero attached hydrogens (tertiary/aromatic N) is 5. The zero-order valence-electron chi connectivity index (χ0n) is 16.1. The summed E-state index contributed by atoms with van der Waals surface area (Å²) >= 11 is 0. The van der Waals surface area contributed by atoms with Crippen LogP contribution in [0, 0.1) is 6.92 Å². The molecule has 1 fully saturated rings. The van der Waals surface area contributed by atoms with Gasteiger partial charge in [-0.2, -0.15) is 4.80 Å². The molecule has 0 unspecified atom stereocenters. The SMILES string of the molecule is Cc1occc1C(=O)NC1CCN(C(=O)Cn2nnc(-c3ccccc3)n2)CC1. The second kappa shape index (κ2) is 8.26. The van der Waals surface area contributed by atoms with E-state index in [0.29, 0.717) is 43.1 Å².